The molecule has 0 amide bonds. The number of fused-ring (bicyclic) bond motifs is 3. The van der Waals surface area contributed by atoms with Crippen molar-refractivity contribution >= 4 is 12.1 Å². The van der Waals surface area contributed by atoms with E-state index in [1.165, 1.54) is 6.42 Å². The van der Waals surface area contributed by atoms with Crippen LogP contribution in [0.15, 0.2) is 11.6 Å². The Hall–Kier alpha value is -0.920. The first-order valence-electron chi connectivity index (χ1n) is 8.63. The molecule has 0 aromatic rings. The molecule has 0 unspecified atom stereocenters. The summed E-state index contributed by atoms with van der Waals surface area (Å²) in [6.45, 7) is 6.95. The van der Waals surface area contributed by atoms with Gasteiger partial charge in [0.05, 0.1) is 0 Å². The Labute approximate surface area is 127 Å². The van der Waals surface area contributed by atoms with Gasteiger partial charge in [0.2, 0.25) is 0 Å². The van der Waals surface area contributed by atoms with E-state index in [0.717, 1.165) is 31.1 Å². The molecule has 2 bridgehead atoms. The number of carbonyl (C=O) groups is 2. The van der Waals surface area contributed by atoms with Gasteiger partial charge in [-0.1, -0.05) is 33.3 Å². The third kappa shape index (κ3) is 1.54. The number of rotatable bonds is 1. The summed E-state index contributed by atoms with van der Waals surface area (Å²) in [6.07, 6.45) is 8.42. The summed E-state index contributed by atoms with van der Waals surface area (Å²) < 4.78 is 0. The second-order valence-electron chi connectivity index (χ2n) is 8.66. The van der Waals surface area contributed by atoms with E-state index in [-0.39, 0.29) is 11.3 Å². The number of carbonyl (C=O) groups excluding carboxylic acids is 2. The van der Waals surface area contributed by atoms with Gasteiger partial charge in [0.25, 0.3) is 0 Å². The van der Waals surface area contributed by atoms with Gasteiger partial charge in [-0.2, -0.15) is 0 Å². The van der Waals surface area contributed by atoms with Crippen LogP contribution in [0.4, 0.5) is 0 Å². The molecule has 0 aromatic heterocycles. The molecule has 4 rings (SSSR count). The van der Waals surface area contributed by atoms with Crippen molar-refractivity contribution < 1.29 is 9.59 Å². The Morgan fingerprint density at radius 3 is 2.81 bits per heavy atom. The fraction of sp³-hybridized carbons (Fsp3) is 0.789. The molecular weight excluding hydrogens is 260 g/mol. The molecule has 0 aromatic carbocycles. The molecule has 114 valence electrons. The van der Waals surface area contributed by atoms with E-state index in [2.05, 4.69) is 26.8 Å². The number of hydrogen-bond acceptors (Lipinski definition) is 2. The molecule has 4 aliphatic carbocycles. The lowest BCUT2D eigenvalue weighted by molar-refractivity contribution is -0.137. The van der Waals surface area contributed by atoms with Crippen molar-refractivity contribution in [2.45, 2.75) is 52.9 Å². The van der Waals surface area contributed by atoms with E-state index >= 15 is 0 Å². The Balaban J connectivity index is 1.86. The summed E-state index contributed by atoms with van der Waals surface area (Å²) in [6, 6.07) is 0. The standard InChI is InChI=1S/C19H26O2/c1-11-7-15-16(18(15,2)3)14-9-12(10-20)8-13-5-4-6-19(11,13)17(14)21/h8,10-11,13-16H,4-7,9H2,1-3H3/t11-,13+,14+,15-,16+,19-/m1/s1. The average Bonchev–Trinajstić information content (AvgIpc) is 2.83. The SMILES string of the molecule is C[C@@H]1C[C@@H]2[C@H]([C@@H]3CC(C=O)=C[C@@H]4CCC[C@@]14C3=O)C2(C)C. The molecule has 1 spiro atoms. The quantitative estimate of drug-likeness (QED) is 0.687. The van der Waals surface area contributed by atoms with Crippen LogP contribution in [0.5, 0.6) is 0 Å². The highest BCUT2D eigenvalue weighted by Gasteiger charge is 2.69. The molecule has 0 radical (unpaired) electrons. The molecule has 0 aliphatic heterocycles. The Morgan fingerprint density at radius 2 is 2.10 bits per heavy atom. The highest BCUT2D eigenvalue weighted by atomic mass is 16.1. The zero-order valence-electron chi connectivity index (χ0n) is 13.4. The van der Waals surface area contributed by atoms with Crippen molar-refractivity contribution in [3.8, 4) is 0 Å². The minimum Gasteiger partial charge on any atom is -0.299 e. The molecule has 0 saturated heterocycles. The van der Waals surface area contributed by atoms with Gasteiger partial charge in [0.15, 0.2) is 0 Å². The van der Waals surface area contributed by atoms with Crippen molar-refractivity contribution in [1.82, 2.24) is 0 Å². The maximum absolute atomic E-state index is 13.5. The lowest BCUT2D eigenvalue weighted by Gasteiger charge is -2.39. The zero-order valence-corrected chi connectivity index (χ0v) is 13.4. The van der Waals surface area contributed by atoms with Crippen LogP contribution in [0, 0.1) is 40.4 Å². The van der Waals surface area contributed by atoms with Crippen molar-refractivity contribution in [2.24, 2.45) is 40.4 Å². The summed E-state index contributed by atoms with van der Waals surface area (Å²) in [7, 11) is 0. The second kappa shape index (κ2) is 4.08. The molecule has 21 heavy (non-hydrogen) atoms. The normalized spacial score (nSPS) is 50.3. The van der Waals surface area contributed by atoms with Crippen LogP contribution in [0.2, 0.25) is 0 Å². The lowest BCUT2D eigenvalue weighted by atomic mass is 9.63. The number of hydrogen-bond donors (Lipinski definition) is 0. The van der Waals surface area contributed by atoms with E-state index in [4.69, 9.17) is 0 Å². The molecule has 0 N–H and O–H groups in total. The highest BCUT2D eigenvalue weighted by molar-refractivity contribution is 5.92. The smallest absolute Gasteiger partial charge is 0.145 e. The van der Waals surface area contributed by atoms with Gasteiger partial charge in [-0.15, -0.1) is 0 Å². The first kappa shape index (κ1) is 13.7. The van der Waals surface area contributed by atoms with Gasteiger partial charge in [-0.25, -0.2) is 0 Å². The lowest BCUT2D eigenvalue weighted by Crippen LogP contribution is -2.42. The topological polar surface area (TPSA) is 34.1 Å². The third-order valence-corrected chi connectivity index (χ3v) is 7.64. The van der Waals surface area contributed by atoms with Crippen LogP contribution in [-0.2, 0) is 9.59 Å². The predicted octanol–water partition coefficient (Wildman–Crippen LogP) is 3.80. The fourth-order valence-corrected chi connectivity index (χ4v) is 6.47. The van der Waals surface area contributed by atoms with Crippen LogP contribution in [-0.4, -0.2) is 12.1 Å². The van der Waals surface area contributed by atoms with Crippen molar-refractivity contribution in [3.05, 3.63) is 11.6 Å². The van der Waals surface area contributed by atoms with Crippen LogP contribution in [0.3, 0.4) is 0 Å². The van der Waals surface area contributed by atoms with Gasteiger partial charge in [0.1, 0.15) is 12.1 Å². The minimum absolute atomic E-state index is 0.106. The zero-order chi connectivity index (χ0) is 15.0. The van der Waals surface area contributed by atoms with Gasteiger partial charge < -0.3 is 0 Å². The van der Waals surface area contributed by atoms with E-state index < -0.39 is 0 Å². The number of ketones is 1. The largest absolute Gasteiger partial charge is 0.299 e. The van der Waals surface area contributed by atoms with E-state index in [9.17, 15) is 9.59 Å². The van der Waals surface area contributed by atoms with Gasteiger partial charge in [-0.05, 0) is 60.3 Å². The number of aldehydes is 1. The van der Waals surface area contributed by atoms with Crippen molar-refractivity contribution in [1.29, 1.82) is 0 Å². The average molecular weight is 286 g/mol. The predicted molar refractivity (Wildman–Crippen MR) is 81.6 cm³/mol. The van der Waals surface area contributed by atoms with E-state index in [1.807, 2.05) is 0 Å². The maximum Gasteiger partial charge on any atom is 0.145 e. The summed E-state index contributed by atoms with van der Waals surface area (Å²) in [5.74, 6) is 2.62. The van der Waals surface area contributed by atoms with Gasteiger partial charge >= 0.3 is 0 Å². The van der Waals surface area contributed by atoms with E-state index in [1.54, 1.807) is 0 Å². The molecule has 2 nitrogen and oxygen atoms in total. The highest BCUT2D eigenvalue weighted by Crippen LogP contribution is 2.71. The molecule has 0 heterocycles. The fourth-order valence-electron chi connectivity index (χ4n) is 6.47. The van der Waals surface area contributed by atoms with Crippen molar-refractivity contribution in [3.63, 3.8) is 0 Å². The first-order valence-corrected chi connectivity index (χ1v) is 8.63. The van der Waals surface area contributed by atoms with Crippen LogP contribution in [0.25, 0.3) is 0 Å². The molecule has 2 heteroatoms. The Morgan fingerprint density at radius 1 is 1.33 bits per heavy atom. The number of Topliss-reactive ketones (excluding diaryl/α,β-unsaturated/α-hetero) is 1. The minimum atomic E-state index is -0.140. The second-order valence-corrected chi connectivity index (χ2v) is 8.66. The summed E-state index contributed by atoms with van der Waals surface area (Å²) in [5, 5.41) is 0. The molecule has 4 aliphatic rings. The van der Waals surface area contributed by atoms with Crippen LogP contribution in [0.1, 0.15) is 52.9 Å². The van der Waals surface area contributed by atoms with Crippen LogP contribution < -0.4 is 0 Å². The van der Waals surface area contributed by atoms with Gasteiger partial charge in [-0.3, -0.25) is 9.59 Å². The van der Waals surface area contributed by atoms with Crippen molar-refractivity contribution in [2.75, 3.05) is 0 Å². The molecule has 3 saturated carbocycles. The van der Waals surface area contributed by atoms with E-state index in [0.29, 0.717) is 41.3 Å². The summed E-state index contributed by atoms with van der Waals surface area (Å²) >= 11 is 0. The van der Waals surface area contributed by atoms with Gasteiger partial charge in [0, 0.05) is 11.3 Å². The summed E-state index contributed by atoms with van der Waals surface area (Å²) in [4.78, 5) is 25.0. The molecular formula is C19H26O2. The monoisotopic (exact) mass is 286 g/mol. The Bertz CT molecular complexity index is 544. The third-order valence-electron chi connectivity index (χ3n) is 7.64. The number of allylic oxidation sites excluding steroid dienone is 2. The first-order chi connectivity index (χ1) is 9.92. The summed E-state index contributed by atoms with van der Waals surface area (Å²) in [5.41, 5.74) is 1.05. The maximum atomic E-state index is 13.5. The molecule has 3 fully saturated rings. The molecule has 6 atom stereocenters. The Kier molecular flexibility index (Phi) is 2.67. The van der Waals surface area contributed by atoms with Crippen LogP contribution >= 0.6 is 0 Å².